The van der Waals surface area contributed by atoms with Crippen molar-refractivity contribution in [3.63, 3.8) is 0 Å². The van der Waals surface area contributed by atoms with E-state index in [0.29, 0.717) is 0 Å². The van der Waals surface area contributed by atoms with Crippen LogP contribution in [-0.2, 0) is 28.7 Å². The first kappa shape index (κ1) is 15.5. The highest BCUT2D eigenvalue weighted by Crippen LogP contribution is 2.36. The zero-order valence-corrected chi connectivity index (χ0v) is 12.5. The highest BCUT2D eigenvalue weighted by molar-refractivity contribution is 6.07. The van der Waals surface area contributed by atoms with E-state index in [0.717, 1.165) is 0 Å². The van der Waals surface area contributed by atoms with E-state index in [1.807, 2.05) is 0 Å². The van der Waals surface area contributed by atoms with E-state index in [1.54, 1.807) is 27.7 Å². The van der Waals surface area contributed by atoms with Gasteiger partial charge in [-0.15, -0.1) is 0 Å². The summed E-state index contributed by atoms with van der Waals surface area (Å²) in [7, 11) is 0. The molecule has 0 bridgehead atoms. The summed E-state index contributed by atoms with van der Waals surface area (Å²) in [4.78, 5) is 48.2. The molecule has 0 aliphatic carbocycles. The van der Waals surface area contributed by atoms with Crippen molar-refractivity contribution in [3.05, 3.63) is 0 Å². The number of rotatable bonds is 3. The van der Waals surface area contributed by atoms with Gasteiger partial charge in [0.05, 0.1) is 11.8 Å². The smallest absolute Gasteiger partial charge is 0.332 e. The quantitative estimate of drug-likeness (QED) is 0.422. The lowest BCUT2D eigenvalue weighted by molar-refractivity contribution is -0.179. The van der Waals surface area contributed by atoms with Gasteiger partial charge in [0.1, 0.15) is 12.1 Å². The summed E-state index contributed by atoms with van der Waals surface area (Å²) in [6, 6.07) is -1.40. The number of ether oxygens (including phenoxy) is 2. The molecule has 2 rings (SSSR count). The number of hydrogen-bond acceptors (Lipinski definition) is 6. The number of amides is 1. The normalized spacial score (nSPS) is 28.0. The van der Waals surface area contributed by atoms with Crippen LogP contribution in [0.5, 0.6) is 0 Å². The molecule has 2 aliphatic rings. The zero-order valence-electron chi connectivity index (χ0n) is 12.5. The molecule has 2 saturated heterocycles. The second-order valence-electron chi connectivity index (χ2n) is 6.42. The van der Waals surface area contributed by atoms with Crippen molar-refractivity contribution >= 4 is 23.6 Å². The number of esters is 2. The van der Waals surface area contributed by atoms with Crippen LogP contribution < -0.4 is 0 Å². The predicted molar refractivity (Wildman–Crippen MR) is 69.7 cm³/mol. The van der Waals surface area contributed by atoms with Crippen LogP contribution in [0.15, 0.2) is 0 Å². The first-order valence-corrected chi connectivity index (χ1v) is 6.83. The van der Waals surface area contributed by atoms with Crippen LogP contribution >= 0.6 is 0 Å². The maximum absolute atomic E-state index is 12.0. The lowest BCUT2D eigenvalue weighted by Crippen LogP contribution is -2.56. The molecule has 21 heavy (non-hydrogen) atoms. The summed E-state index contributed by atoms with van der Waals surface area (Å²) in [6.45, 7) is 6.12. The Hall–Kier alpha value is -1.92. The molecule has 0 aromatic rings. The molecule has 0 saturated carbocycles. The molecule has 2 heterocycles. The van der Waals surface area contributed by atoms with Gasteiger partial charge in [0.15, 0.2) is 5.78 Å². The molecule has 1 amide bonds. The van der Waals surface area contributed by atoms with Crippen molar-refractivity contribution < 1.29 is 28.7 Å². The maximum Gasteiger partial charge on any atom is 0.332 e. The molecule has 2 aliphatic heterocycles. The second-order valence-corrected chi connectivity index (χ2v) is 6.42. The summed E-state index contributed by atoms with van der Waals surface area (Å²) in [5.74, 6) is -2.15. The van der Waals surface area contributed by atoms with Crippen molar-refractivity contribution in [2.45, 2.75) is 46.2 Å². The van der Waals surface area contributed by atoms with Gasteiger partial charge in [-0.3, -0.25) is 14.4 Å². The summed E-state index contributed by atoms with van der Waals surface area (Å²) in [5.41, 5.74) is -0.693. The van der Waals surface area contributed by atoms with E-state index in [9.17, 15) is 19.2 Å². The van der Waals surface area contributed by atoms with E-state index in [-0.39, 0.29) is 18.1 Å². The van der Waals surface area contributed by atoms with Gasteiger partial charge in [0.2, 0.25) is 12.7 Å². The molecule has 3 atom stereocenters. The first-order valence-electron chi connectivity index (χ1n) is 6.83. The van der Waals surface area contributed by atoms with Gasteiger partial charge in [-0.05, 0) is 20.8 Å². The lowest BCUT2D eigenvalue weighted by atomic mass is 9.98. The average molecular weight is 297 g/mol. The Morgan fingerprint density at radius 1 is 1.24 bits per heavy atom. The van der Waals surface area contributed by atoms with Gasteiger partial charge < -0.3 is 14.4 Å². The van der Waals surface area contributed by atoms with Gasteiger partial charge in [-0.2, -0.15) is 0 Å². The third-order valence-corrected chi connectivity index (χ3v) is 3.79. The minimum absolute atomic E-state index is 0.122. The van der Waals surface area contributed by atoms with E-state index < -0.39 is 42.1 Å². The fraction of sp³-hybridized carbons (Fsp3) is 0.714. The standard InChI is InChI=1S/C14H19NO6/c1-7-10(15-8(11(7)17)5-9(15)16)12(18)20-6-21-13(19)14(2,3)4/h7-8,10H,5-6H2,1-4H3/t7?,8-,10?/m0/s1. The van der Waals surface area contributed by atoms with Crippen LogP contribution in [-0.4, -0.2) is 47.4 Å². The Labute approximate surface area is 122 Å². The first-order chi connectivity index (χ1) is 9.64. The van der Waals surface area contributed by atoms with Crippen molar-refractivity contribution in [1.82, 2.24) is 4.90 Å². The van der Waals surface area contributed by atoms with E-state index in [2.05, 4.69) is 0 Å². The number of ketones is 1. The molecule has 2 fully saturated rings. The molecule has 0 aromatic carbocycles. The highest BCUT2D eigenvalue weighted by atomic mass is 16.7. The third kappa shape index (κ3) is 2.64. The number of fused-ring (bicyclic) bond motifs is 1. The van der Waals surface area contributed by atoms with Gasteiger partial charge in [-0.1, -0.05) is 6.92 Å². The molecule has 7 nitrogen and oxygen atoms in total. The third-order valence-electron chi connectivity index (χ3n) is 3.79. The Balaban J connectivity index is 1.91. The number of carbonyl (C=O) groups excluding carboxylic acids is 4. The Morgan fingerprint density at radius 2 is 1.86 bits per heavy atom. The Kier molecular flexibility index (Phi) is 3.78. The summed E-state index contributed by atoms with van der Waals surface area (Å²) < 4.78 is 9.72. The second kappa shape index (κ2) is 5.13. The van der Waals surface area contributed by atoms with Crippen LogP contribution in [0.3, 0.4) is 0 Å². The van der Waals surface area contributed by atoms with Gasteiger partial charge in [0, 0.05) is 5.92 Å². The van der Waals surface area contributed by atoms with Crippen LogP contribution in [0.25, 0.3) is 0 Å². The summed E-state index contributed by atoms with van der Waals surface area (Å²) in [6.07, 6.45) is 0.159. The molecular weight excluding hydrogens is 278 g/mol. The molecule has 0 radical (unpaired) electrons. The molecule has 116 valence electrons. The molecular formula is C14H19NO6. The van der Waals surface area contributed by atoms with Crippen molar-refractivity contribution in [1.29, 1.82) is 0 Å². The summed E-state index contributed by atoms with van der Waals surface area (Å²) >= 11 is 0. The fourth-order valence-corrected chi connectivity index (χ4v) is 2.48. The summed E-state index contributed by atoms with van der Waals surface area (Å²) in [5, 5.41) is 0. The topological polar surface area (TPSA) is 90.0 Å². The number of Topliss-reactive ketones (excluding diaryl/α,β-unsaturated/α-hetero) is 1. The van der Waals surface area contributed by atoms with Gasteiger partial charge in [0.25, 0.3) is 0 Å². The van der Waals surface area contributed by atoms with Crippen molar-refractivity contribution in [2.24, 2.45) is 11.3 Å². The van der Waals surface area contributed by atoms with Gasteiger partial charge >= 0.3 is 11.9 Å². The monoisotopic (exact) mass is 297 g/mol. The zero-order chi connectivity index (χ0) is 15.9. The van der Waals surface area contributed by atoms with Crippen LogP contribution in [0.2, 0.25) is 0 Å². The van der Waals surface area contributed by atoms with Gasteiger partial charge in [-0.25, -0.2) is 4.79 Å². The fourth-order valence-electron chi connectivity index (χ4n) is 2.48. The minimum Gasteiger partial charge on any atom is -0.427 e. The highest BCUT2D eigenvalue weighted by Gasteiger charge is 2.58. The predicted octanol–water partition coefficient (Wildman–Crippen LogP) is 0.265. The largest absolute Gasteiger partial charge is 0.427 e. The van der Waals surface area contributed by atoms with Crippen LogP contribution in [0, 0.1) is 11.3 Å². The number of carbonyl (C=O) groups is 4. The molecule has 2 unspecified atom stereocenters. The molecule has 0 spiro atoms. The number of β-lactam (4-membered cyclic amide) rings is 1. The SMILES string of the molecule is CC1C(=O)[C@@H]2CC(=O)N2C1C(=O)OCOC(=O)C(C)(C)C. The molecule has 0 N–H and O–H groups in total. The minimum atomic E-state index is -0.905. The lowest BCUT2D eigenvalue weighted by Gasteiger charge is -2.36. The number of nitrogens with zero attached hydrogens (tertiary/aromatic N) is 1. The van der Waals surface area contributed by atoms with Crippen molar-refractivity contribution in [2.75, 3.05) is 6.79 Å². The average Bonchev–Trinajstić information content (AvgIpc) is 2.57. The molecule has 7 heteroatoms. The van der Waals surface area contributed by atoms with Crippen LogP contribution in [0.4, 0.5) is 0 Å². The van der Waals surface area contributed by atoms with E-state index in [4.69, 9.17) is 9.47 Å². The van der Waals surface area contributed by atoms with E-state index >= 15 is 0 Å². The van der Waals surface area contributed by atoms with Crippen LogP contribution in [0.1, 0.15) is 34.1 Å². The molecule has 0 aromatic heterocycles. The van der Waals surface area contributed by atoms with E-state index in [1.165, 1.54) is 4.90 Å². The Bertz CT molecular complexity index is 506. The maximum atomic E-state index is 12.0. The number of hydrogen-bond donors (Lipinski definition) is 0. The Morgan fingerprint density at radius 3 is 2.38 bits per heavy atom. The van der Waals surface area contributed by atoms with Crippen molar-refractivity contribution in [3.8, 4) is 0 Å².